The maximum absolute atomic E-state index is 6.77. The summed E-state index contributed by atoms with van der Waals surface area (Å²) in [5.41, 5.74) is 0. The summed E-state index contributed by atoms with van der Waals surface area (Å²) >= 11 is 0. The first-order valence-electron chi connectivity index (χ1n) is 2.84. The highest BCUT2D eigenvalue weighted by atomic mass is 14.9. The third kappa shape index (κ3) is 0.484. The monoisotopic (exact) mass is 87.1 g/mol. The van der Waals surface area contributed by atoms with Gasteiger partial charge in [-0.05, 0) is 0 Å². The van der Waals surface area contributed by atoms with Crippen LogP contribution in [0.4, 0.5) is 0 Å². The van der Waals surface area contributed by atoms with Crippen LogP contribution in [0.1, 0.15) is 4.11 Å². The molecule has 6 heavy (non-hydrogen) atoms. The van der Waals surface area contributed by atoms with Crippen molar-refractivity contribution in [1.82, 2.24) is 15.0 Å². The summed E-state index contributed by atoms with van der Waals surface area (Å²) in [6.45, 7) is 0. The molecule has 0 aliphatic rings. The average molecular weight is 87.1 g/mol. The molecule has 0 atom stereocenters. The van der Waals surface area contributed by atoms with Crippen LogP contribution in [0.25, 0.3) is 0 Å². The minimum absolute atomic E-state index is 0.333. The summed E-state index contributed by atoms with van der Waals surface area (Å²) in [7, 11) is 0. The summed E-state index contributed by atoms with van der Waals surface area (Å²) in [5.74, 6) is 0. The molecule has 0 fully saturated rings. The molecule has 0 saturated heterocycles. The van der Waals surface area contributed by atoms with Crippen molar-refractivity contribution in [2.75, 3.05) is 0 Å². The molecule has 0 amide bonds. The van der Waals surface area contributed by atoms with E-state index in [-0.39, 0.29) is 18.9 Å². The fourth-order valence-electron chi connectivity index (χ4n) is 0.142. The standard InChI is InChI=1S/C3H3N3/c1-4-2-6-3-5-1/h1-3H/i1T,2T,3T,4+0,5+0,6+0. The topological polar surface area (TPSA) is 38.7 Å². The van der Waals surface area contributed by atoms with Crippen molar-refractivity contribution in [2.24, 2.45) is 0 Å². The van der Waals surface area contributed by atoms with Crippen molar-refractivity contribution >= 4 is 0 Å². The van der Waals surface area contributed by atoms with Crippen molar-refractivity contribution < 1.29 is 4.11 Å². The lowest BCUT2D eigenvalue weighted by molar-refractivity contribution is 1.05. The number of nitrogens with zero attached hydrogens (tertiary/aromatic N) is 3. The van der Waals surface area contributed by atoms with Crippen LogP contribution in [0.3, 0.4) is 0 Å². The molecule has 0 unspecified atom stereocenters. The molecule has 3 heteroatoms. The van der Waals surface area contributed by atoms with Gasteiger partial charge < -0.3 is 0 Å². The Balaban J connectivity index is 3.17. The maximum atomic E-state index is 6.77. The Morgan fingerprint density at radius 3 is 1.67 bits per heavy atom. The highest BCUT2D eigenvalue weighted by Gasteiger charge is 1.59. The number of hydrogen-bond acceptors (Lipinski definition) is 3. The lowest BCUT2D eigenvalue weighted by atomic mass is 11.1. The Labute approximate surface area is 39.3 Å². The molecule has 0 bridgehead atoms. The van der Waals surface area contributed by atoms with Gasteiger partial charge in [0.15, 0.2) is 0 Å². The predicted octanol–water partition coefficient (Wildman–Crippen LogP) is -0.128. The highest BCUT2D eigenvalue weighted by Crippen LogP contribution is 1.57. The third-order valence-electron chi connectivity index (χ3n) is 0.300. The molecule has 30 valence electrons. The van der Waals surface area contributed by atoms with Crippen molar-refractivity contribution in [3.63, 3.8) is 0 Å². The van der Waals surface area contributed by atoms with Gasteiger partial charge in [-0.2, -0.15) is 0 Å². The van der Waals surface area contributed by atoms with Gasteiger partial charge in [-0.25, -0.2) is 15.0 Å². The Morgan fingerprint density at radius 2 is 1.33 bits per heavy atom. The fourth-order valence-corrected chi connectivity index (χ4v) is 0.142. The smallest absolute Gasteiger partial charge is 0.119 e. The van der Waals surface area contributed by atoms with E-state index in [1.54, 1.807) is 0 Å². The van der Waals surface area contributed by atoms with E-state index in [4.69, 9.17) is 4.11 Å². The van der Waals surface area contributed by atoms with Crippen LogP contribution in [0.15, 0.2) is 18.9 Å². The molecule has 0 aliphatic heterocycles. The minimum Gasteiger partial charge on any atom is -0.225 e. The zero-order valence-corrected chi connectivity index (χ0v) is 2.84. The zero-order chi connectivity index (χ0) is 6.85. The Hall–Kier alpha value is -0.990. The quantitative estimate of drug-likeness (QED) is 0.442. The predicted molar refractivity (Wildman–Crippen MR) is 19.8 cm³/mol. The largest absolute Gasteiger partial charge is 0.225 e. The Morgan fingerprint density at radius 1 is 1.00 bits per heavy atom. The van der Waals surface area contributed by atoms with Gasteiger partial charge in [-0.15, -0.1) is 0 Å². The number of aromatic nitrogens is 3. The molecule has 3 nitrogen and oxygen atoms in total. The molecule has 0 aliphatic carbocycles. The summed E-state index contributed by atoms with van der Waals surface area (Å²) < 4.78 is 20.3. The third-order valence-corrected chi connectivity index (χ3v) is 0.300. The van der Waals surface area contributed by atoms with Crippen molar-refractivity contribution in [2.45, 2.75) is 0 Å². The van der Waals surface area contributed by atoms with Gasteiger partial charge in [0.1, 0.15) is 23.0 Å². The number of rotatable bonds is 0. The molecule has 1 rings (SSSR count). The lowest BCUT2D eigenvalue weighted by Gasteiger charge is -1.69. The van der Waals surface area contributed by atoms with Crippen LogP contribution in [0, 0.1) is 0 Å². The second-order valence-corrected chi connectivity index (χ2v) is 0.635. The maximum Gasteiger partial charge on any atom is 0.119 e. The van der Waals surface area contributed by atoms with E-state index < -0.39 is 0 Å². The van der Waals surface area contributed by atoms with Gasteiger partial charge in [0.05, 0.1) is 0 Å². The summed E-state index contributed by atoms with van der Waals surface area (Å²) in [4.78, 5) is 9.68. The molecule has 0 saturated carbocycles. The summed E-state index contributed by atoms with van der Waals surface area (Å²) in [6, 6.07) is 0. The highest BCUT2D eigenvalue weighted by molar-refractivity contribution is 4.51. The first-order chi connectivity index (χ1) is 4.18. The van der Waals surface area contributed by atoms with Crippen LogP contribution in [0.2, 0.25) is 0 Å². The summed E-state index contributed by atoms with van der Waals surface area (Å²) in [5, 5.41) is 0. The molecular weight excluding hydrogens is 78.0 g/mol. The van der Waals surface area contributed by atoms with Crippen molar-refractivity contribution in [3.05, 3.63) is 18.9 Å². The zero-order valence-electron chi connectivity index (χ0n) is 5.84. The number of hydrogen-bond donors (Lipinski definition) is 0. The molecule has 0 aromatic carbocycles. The summed E-state index contributed by atoms with van der Waals surface area (Å²) in [6.07, 6.45) is -1.000. The fraction of sp³-hybridized carbons (Fsp3) is 0. The second kappa shape index (κ2) is 1.45. The van der Waals surface area contributed by atoms with E-state index >= 15 is 0 Å². The van der Waals surface area contributed by atoms with Gasteiger partial charge in [0.25, 0.3) is 0 Å². The first-order valence-corrected chi connectivity index (χ1v) is 1.34. The van der Waals surface area contributed by atoms with E-state index in [0.29, 0.717) is 0 Å². The Bertz CT molecular complexity index is 175. The second-order valence-electron chi connectivity index (χ2n) is 0.635. The molecule has 0 N–H and O–H groups in total. The molecule has 0 radical (unpaired) electrons. The normalized spacial score (nSPS) is 15.0. The molecular formula is C3H3N3. The molecule has 1 aromatic rings. The van der Waals surface area contributed by atoms with Crippen LogP contribution < -0.4 is 0 Å². The van der Waals surface area contributed by atoms with E-state index in [1.165, 1.54) is 0 Å². The van der Waals surface area contributed by atoms with Crippen LogP contribution in [-0.2, 0) is 0 Å². The van der Waals surface area contributed by atoms with E-state index in [2.05, 4.69) is 15.0 Å². The van der Waals surface area contributed by atoms with Gasteiger partial charge in [0.2, 0.25) is 0 Å². The lowest BCUT2D eigenvalue weighted by Crippen LogP contribution is -1.73. The van der Waals surface area contributed by atoms with Crippen LogP contribution in [-0.4, -0.2) is 15.0 Å². The average Bonchev–Trinajstić information content (AvgIpc) is 1.59. The van der Waals surface area contributed by atoms with Crippen LogP contribution in [0.5, 0.6) is 0 Å². The minimum atomic E-state index is -0.333. The first kappa shape index (κ1) is 1.26. The van der Waals surface area contributed by atoms with E-state index in [0.717, 1.165) is 0 Å². The molecule has 1 heterocycles. The van der Waals surface area contributed by atoms with Crippen molar-refractivity contribution in [3.8, 4) is 0 Å². The SMILES string of the molecule is [3H]c1[14n]c([3H])[14n]c([3H])[14n]1. The van der Waals surface area contributed by atoms with Crippen LogP contribution >= 0.6 is 0 Å². The van der Waals surface area contributed by atoms with E-state index in [1.807, 2.05) is 0 Å². The Kier molecular flexibility index (Phi) is 0.303. The molecule has 1 aromatic heterocycles. The van der Waals surface area contributed by atoms with Gasteiger partial charge >= 0.3 is 0 Å². The van der Waals surface area contributed by atoms with Gasteiger partial charge in [-0.3, -0.25) is 0 Å². The van der Waals surface area contributed by atoms with Crippen molar-refractivity contribution in [1.29, 1.82) is 0 Å². The van der Waals surface area contributed by atoms with E-state index in [9.17, 15) is 0 Å². The molecule has 0 spiro atoms. The van der Waals surface area contributed by atoms with Gasteiger partial charge in [0, 0.05) is 0 Å². The van der Waals surface area contributed by atoms with Gasteiger partial charge in [-0.1, -0.05) is 0 Å².